The molecule has 3 heteroatoms. The van der Waals surface area contributed by atoms with Gasteiger partial charge in [-0.05, 0) is 25.2 Å². The molecule has 0 spiro atoms. The van der Waals surface area contributed by atoms with Gasteiger partial charge in [0.2, 0.25) is 0 Å². The first kappa shape index (κ1) is 13.9. The first-order valence-corrected chi connectivity index (χ1v) is 5.22. The fourth-order valence-corrected chi connectivity index (χ4v) is 1.53. The largest absolute Gasteiger partial charge is 0.483 e. The molecule has 1 aliphatic carbocycles. The van der Waals surface area contributed by atoms with Gasteiger partial charge in [0.1, 0.15) is 0 Å². The number of allylic oxidation sites excluding steroid dienone is 3. The monoisotopic (exact) mass is 212 g/mol. The first-order chi connectivity index (χ1) is 7.15. The van der Waals surface area contributed by atoms with Crippen LogP contribution in [-0.4, -0.2) is 23.3 Å². The van der Waals surface area contributed by atoms with Crippen LogP contribution in [0.25, 0.3) is 0 Å². The van der Waals surface area contributed by atoms with Gasteiger partial charge in [0.15, 0.2) is 0 Å². The van der Waals surface area contributed by atoms with E-state index in [1.165, 1.54) is 17.6 Å². The van der Waals surface area contributed by atoms with Gasteiger partial charge in [0.25, 0.3) is 6.47 Å². The highest BCUT2D eigenvalue weighted by Crippen LogP contribution is 2.25. The zero-order valence-corrected chi connectivity index (χ0v) is 9.44. The third kappa shape index (κ3) is 6.07. The maximum Gasteiger partial charge on any atom is 0.290 e. The van der Waals surface area contributed by atoms with E-state index in [2.05, 4.69) is 26.0 Å². The van der Waals surface area contributed by atoms with Crippen LogP contribution >= 0.6 is 0 Å². The van der Waals surface area contributed by atoms with Gasteiger partial charge >= 0.3 is 0 Å². The molecule has 1 aliphatic rings. The van der Waals surface area contributed by atoms with Crippen molar-refractivity contribution in [3.05, 3.63) is 23.3 Å². The predicted octanol–water partition coefficient (Wildman–Crippen LogP) is 2.37. The number of aliphatic hydroxyl groups excluding tert-OH is 1. The Bertz CT molecular complexity index is 239. The van der Waals surface area contributed by atoms with Crippen molar-refractivity contribution in [2.45, 2.75) is 33.1 Å². The lowest BCUT2D eigenvalue weighted by Crippen LogP contribution is -2.00. The molecular weight excluding hydrogens is 192 g/mol. The quantitative estimate of drug-likeness (QED) is 0.706. The van der Waals surface area contributed by atoms with E-state index in [9.17, 15) is 0 Å². The zero-order chi connectivity index (χ0) is 11.7. The summed E-state index contributed by atoms with van der Waals surface area (Å²) in [6, 6.07) is 0. The number of hydrogen-bond acceptors (Lipinski definition) is 2. The highest BCUT2D eigenvalue weighted by Gasteiger charge is 2.08. The van der Waals surface area contributed by atoms with Crippen LogP contribution in [0.4, 0.5) is 0 Å². The number of rotatable bonds is 3. The van der Waals surface area contributed by atoms with Crippen molar-refractivity contribution in [3.8, 4) is 0 Å². The molecule has 0 fully saturated rings. The molecule has 2 N–H and O–H groups in total. The smallest absolute Gasteiger partial charge is 0.290 e. The molecule has 0 aromatic rings. The van der Waals surface area contributed by atoms with Crippen LogP contribution in [0.2, 0.25) is 0 Å². The minimum absolute atomic E-state index is 0.250. The van der Waals surface area contributed by atoms with Crippen LogP contribution in [0, 0.1) is 5.92 Å². The Kier molecular flexibility index (Phi) is 7.64. The second-order valence-corrected chi connectivity index (χ2v) is 3.80. The zero-order valence-electron chi connectivity index (χ0n) is 9.44. The molecule has 3 nitrogen and oxygen atoms in total. The summed E-state index contributed by atoms with van der Waals surface area (Å²) in [4.78, 5) is 8.36. The van der Waals surface area contributed by atoms with E-state index in [1.54, 1.807) is 0 Å². The van der Waals surface area contributed by atoms with Crippen molar-refractivity contribution in [1.82, 2.24) is 0 Å². The summed E-state index contributed by atoms with van der Waals surface area (Å²) in [5.74, 6) is 0.678. The van der Waals surface area contributed by atoms with Crippen LogP contribution in [-0.2, 0) is 4.79 Å². The van der Waals surface area contributed by atoms with Gasteiger partial charge in [0.05, 0.1) is 0 Å². The number of carboxylic acid groups (broad SMARTS) is 1. The normalized spacial score (nSPS) is 14.9. The van der Waals surface area contributed by atoms with Crippen LogP contribution in [0.1, 0.15) is 33.1 Å². The van der Waals surface area contributed by atoms with Crippen molar-refractivity contribution in [2.75, 3.05) is 6.61 Å². The third-order valence-electron chi connectivity index (χ3n) is 2.44. The van der Waals surface area contributed by atoms with E-state index in [4.69, 9.17) is 15.0 Å². The number of aliphatic hydroxyl groups is 1. The van der Waals surface area contributed by atoms with E-state index >= 15 is 0 Å². The number of hydrogen-bond donors (Lipinski definition) is 2. The molecule has 0 atom stereocenters. The van der Waals surface area contributed by atoms with E-state index in [1.807, 2.05) is 0 Å². The fourth-order valence-electron chi connectivity index (χ4n) is 1.53. The molecule has 0 saturated heterocycles. The van der Waals surface area contributed by atoms with Gasteiger partial charge in [-0.2, -0.15) is 0 Å². The summed E-state index contributed by atoms with van der Waals surface area (Å²) < 4.78 is 0. The average molecular weight is 212 g/mol. The Morgan fingerprint density at radius 3 is 2.33 bits per heavy atom. The average Bonchev–Trinajstić information content (AvgIpc) is 2.20. The molecule has 0 aromatic heterocycles. The summed E-state index contributed by atoms with van der Waals surface area (Å²) in [6.07, 6.45) is 7.57. The molecule has 86 valence electrons. The molecule has 0 aromatic carbocycles. The summed E-state index contributed by atoms with van der Waals surface area (Å²) in [5, 5.41) is 15.6. The molecule has 15 heavy (non-hydrogen) atoms. The van der Waals surface area contributed by atoms with E-state index in [0.29, 0.717) is 5.92 Å². The Balaban J connectivity index is 0.000000583. The van der Waals surface area contributed by atoms with Gasteiger partial charge < -0.3 is 10.2 Å². The molecule has 0 heterocycles. The second kappa shape index (κ2) is 8.24. The molecule has 0 bridgehead atoms. The van der Waals surface area contributed by atoms with Crippen LogP contribution in [0.5, 0.6) is 0 Å². The standard InChI is InChI=1S/C11H18O.CH2O2/c1-9(2)11-5-3-10(4-6-11)7-8-12;2-1-3/h3,5,9,12H,4,6-8H2,1-2H3;1H,(H,2,3). The van der Waals surface area contributed by atoms with E-state index in [-0.39, 0.29) is 13.1 Å². The highest BCUT2D eigenvalue weighted by molar-refractivity contribution is 5.32. The summed E-state index contributed by atoms with van der Waals surface area (Å²) in [6.45, 7) is 4.50. The van der Waals surface area contributed by atoms with Crippen molar-refractivity contribution in [3.63, 3.8) is 0 Å². The first-order valence-electron chi connectivity index (χ1n) is 5.22. The van der Waals surface area contributed by atoms with Gasteiger partial charge in [-0.25, -0.2) is 0 Å². The van der Waals surface area contributed by atoms with Gasteiger partial charge in [-0.15, -0.1) is 0 Å². The maximum absolute atomic E-state index is 8.73. The summed E-state index contributed by atoms with van der Waals surface area (Å²) >= 11 is 0. The van der Waals surface area contributed by atoms with Gasteiger partial charge in [-0.1, -0.05) is 37.1 Å². The minimum atomic E-state index is -0.250. The van der Waals surface area contributed by atoms with Crippen molar-refractivity contribution >= 4 is 6.47 Å². The van der Waals surface area contributed by atoms with E-state index < -0.39 is 0 Å². The summed E-state index contributed by atoms with van der Waals surface area (Å²) in [7, 11) is 0. The Morgan fingerprint density at radius 2 is 2.00 bits per heavy atom. The Hall–Kier alpha value is -1.09. The molecule has 0 unspecified atom stereocenters. The lowest BCUT2D eigenvalue weighted by atomic mass is 9.90. The fraction of sp³-hybridized carbons (Fsp3) is 0.583. The number of carbonyl (C=O) groups is 1. The van der Waals surface area contributed by atoms with Crippen LogP contribution in [0.15, 0.2) is 23.3 Å². The second-order valence-electron chi connectivity index (χ2n) is 3.80. The Labute approximate surface area is 91.1 Å². The molecule has 0 amide bonds. The van der Waals surface area contributed by atoms with Crippen molar-refractivity contribution < 1.29 is 15.0 Å². The third-order valence-corrected chi connectivity index (χ3v) is 2.44. The van der Waals surface area contributed by atoms with Crippen LogP contribution < -0.4 is 0 Å². The van der Waals surface area contributed by atoms with Gasteiger partial charge in [0, 0.05) is 6.61 Å². The molecule has 0 aliphatic heterocycles. The van der Waals surface area contributed by atoms with Crippen molar-refractivity contribution in [2.24, 2.45) is 5.92 Å². The Morgan fingerprint density at radius 1 is 1.40 bits per heavy atom. The summed E-state index contributed by atoms with van der Waals surface area (Å²) in [5.41, 5.74) is 2.93. The maximum atomic E-state index is 8.73. The van der Waals surface area contributed by atoms with Crippen LogP contribution in [0.3, 0.4) is 0 Å². The lowest BCUT2D eigenvalue weighted by Gasteiger charge is -2.16. The minimum Gasteiger partial charge on any atom is -0.483 e. The highest BCUT2D eigenvalue weighted by atomic mass is 16.3. The predicted molar refractivity (Wildman–Crippen MR) is 60.6 cm³/mol. The molecular formula is C12H20O3. The van der Waals surface area contributed by atoms with E-state index in [0.717, 1.165) is 12.8 Å². The van der Waals surface area contributed by atoms with Crippen molar-refractivity contribution in [1.29, 1.82) is 0 Å². The SMILES string of the molecule is CC(C)C1=CC=C(CCO)CC1.O=CO. The lowest BCUT2D eigenvalue weighted by molar-refractivity contribution is -0.122. The molecule has 1 rings (SSSR count). The topological polar surface area (TPSA) is 57.5 Å². The molecule has 0 saturated carbocycles. The van der Waals surface area contributed by atoms with Gasteiger partial charge in [-0.3, -0.25) is 4.79 Å². The molecule has 0 radical (unpaired) electrons.